The van der Waals surface area contributed by atoms with E-state index in [1.807, 2.05) is 17.8 Å². The van der Waals surface area contributed by atoms with Gasteiger partial charge in [0, 0.05) is 24.7 Å². The average molecular weight is 274 g/mol. The standard InChI is InChI=1S/C14H18N4S/c1-2-7-18(8-3-1)13-5-4-12(10-17-13)16-11-14-15-6-9-19-14/h4-6,9-10,16H,1-3,7-8,11H2. The predicted octanol–water partition coefficient (Wildman–Crippen LogP) is 3.14. The third-order valence-electron chi connectivity index (χ3n) is 3.36. The van der Waals surface area contributed by atoms with Crippen molar-refractivity contribution in [1.29, 1.82) is 0 Å². The highest BCUT2D eigenvalue weighted by atomic mass is 32.1. The number of nitrogens with zero attached hydrogens (tertiary/aromatic N) is 3. The Kier molecular flexibility index (Phi) is 3.93. The minimum Gasteiger partial charge on any atom is -0.377 e. The van der Waals surface area contributed by atoms with Crippen molar-refractivity contribution < 1.29 is 0 Å². The fourth-order valence-corrected chi connectivity index (χ4v) is 2.87. The molecule has 0 saturated carbocycles. The molecule has 0 aliphatic carbocycles. The van der Waals surface area contributed by atoms with Crippen LogP contribution < -0.4 is 10.2 Å². The van der Waals surface area contributed by atoms with Crippen LogP contribution in [0, 0.1) is 0 Å². The van der Waals surface area contributed by atoms with Crippen LogP contribution in [0.3, 0.4) is 0 Å². The molecule has 2 aromatic heterocycles. The Morgan fingerprint density at radius 1 is 1.16 bits per heavy atom. The summed E-state index contributed by atoms with van der Waals surface area (Å²) >= 11 is 1.67. The maximum atomic E-state index is 4.55. The van der Waals surface area contributed by atoms with Crippen LogP contribution in [0.1, 0.15) is 24.3 Å². The van der Waals surface area contributed by atoms with Crippen LogP contribution in [0.2, 0.25) is 0 Å². The van der Waals surface area contributed by atoms with Crippen molar-refractivity contribution in [3.8, 4) is 0 Å². The van der Waals surface area contributed by atoms with Crippen molar-refractivity contribution in [3.63, 3.8) is 0 Å². The van der Waals surface area contributed by atoms with Gasteiger partial charge in [-0.1, -0.05) is 0 Å². The van der Waals surface area contributed by atoms with Gasteiger partial charge in [0.2, 0.25) is 0 Å². The minimum absolute atomic E-state index is 0.766. The Hall–Kier alpha value is -1.62. The van der Waals surface area contributed by atoms with Crippen LogP contribution in [-0.2, 0) is 6.54 Å². The number of nitrogens with one attached hydrogen (secondary N) is 1. The molecule has 1 aliphatic rings. The van der Waals surface area contributed by atoms with Gasteiger partial charge in [-0.05, 0) is 31.4 Å². The third kappa shape index (κ3) is 3.23. The maximum Gasteiger partial charge on any atom is 0.128 e. The first-order valence-corrected chi connectivity index (χ1v) is 7.63. The fraction of sp³-hybridized carbons (Fsp3) is 0.429. The van der Waals surface area contributed by atoms with Gasteiger partial charge in [-0.2, -0.15) is 0 Å². The summed E-state index contributed by atoms with van der Waals surface area (Å²) in [6, 6.07) is 4.21. The normalized spacial score (nSPS) is 15.5. The van der Waals surface area contributed by atoms with E-state index in [-0.39, 0.29) is 0 Å². The second-order valence-corrected chi connectivity index (χ2v) is 5.71. The van der Waals surface area contributed by atoms with Crippen molar-refractivity contribution in [3.05, 3.63) is 34.9 Å². The Bertz CT molecular complexity index is 489. The van der Waals surface area contributed by atoms with Crippen LogP contribution in [0.15, 0.2) is 29.9 Å². The molecule has 0 unspecified atom stereocenters. The Morgan fingerprint density at radius 3 is 2.74 bits per heavy atom. The van der Waals surface area contributed by atoms with Crippen LogP contribution in [-0.4, -0.2) is 23.1 Å². The van der Waals surface area contributed by atoms with Gasteiger partial charge < -0.3 is 10.2 Å². The van der Waals surface area contributed by atoms with Crippen molar-refractivity contribution in [2.75, 3.05) is 23.3 Å². The SMILES string of the molecule is c1csc(CNc2ccc(N3CCCCC3)nc2)n1. The molecule has 0 atom stereocenters. The largest absolute Gasteiger partial charge is 0.377 e. The molecular weight excluding hydrogens is 256 g/mol. The number of anilines is 2. The molecular formula is C14H18N4S. The molecule has 1 fully saturated rings. The molecule has 0 aromatic carbocycles. The van der Waals surface area contributed by atoms with E-state index in [4.69, 9.17) is 0 Å². The van der Waals surface area contributed by atoms with Crippen LogP contribution in [0.4, 0.5) is 11.5 Å². The summed E-state index contributed by atoms with van der Waals surface area (Å²) in [7, 11) is 0. The highest BCUT2D eigenvalue weighted by molar-refractivity contribution is 7.09. The number of piperidine rings is 1. The first-order valence-electron chi connectivity index (χ1n) is 6.75. The van der Waals surface area contributed by atoms with Gasteiger partial charge in [-0.25, -0.2) is 9.97 Å². The molecule has 3 heterocycles. The van der Waals surface area contributed by atoms with Crippen molar-refractivity contribution >= 4 is 22.8 Å². The van der Waals surface area contributed by atoms with Crippen molar-refractivity contribution in [2.45, 2.75) is 25.8 Å². The van der Waals surface area contributed by atoms with E-state index in [9.17, 15) is 0 Å². The van der Waals surface area contributed by atoms with Gasteiger partial charge in [0.15, 0.2) is 0 Å². The van der Waals surface area contributed by atoms with E-state index in [1.54, 1.807) is 11.3 Å². The summed E-state index contributed by atoms with van der Waals surface area (Å²) < 4.78 is 0. The maximum absolute atomic E-state index is 4.55. The number of hydrogen-bond acceptors (Lipinski definition) is 5. The summed E-state index contributed by atoms with van der Waals surface area (Å²) in [6.45, 7) is 3.04. The number of pyridine rings is 1. The lowest BCUT2D eigenvalue weighted by molar-refractivity contribution is 0.573. The first kappa shape index (κ1) is 12.4. The van der Waals surface area contributed by atoms with Gasteiger partial charge in [0.05, 0.1) is 18.4 Å². The topological polar surface area (TPSA) is 41.0 Å². The lowest BCUT2D eigenvalue weighted by atomic mass is 10.1. The summed E-state index contributed by atoms with van der Waals surface area (Å²) in [6.07, 6.45) is 7.67. The average Bonchev–Trinajstić information content (AvgIpc) is 3.00. The van der Waals surface area contributed by atoms with E-state index >= 15 is 0 Å². The van der Waals surface area contributed by atoms with Gasteiger partial charge in [-0.15, -0.1) is 11.3 Å². The predicted molar refractivity (Wildman–Crippen MR) is 79.7 cm³/mol. The molecule has 0 radical (unpaired) electrons. The lowest BCUT2D eigenvalue weighted by Gasteiger charge is -2.27. The smallest absolute Gasteiger partial charge is 0.128 e. The molecule has 3 rings (SSSR count). The number of thiazole rings is 1. The molecule has 1 saturated heterocycles. The molecule has 0 bridgehead atoms. The molecule has 1 aliphatic heterocycles. The summed E-state index contributed by atoms with van der Waals surface area (Å²) in [5.74, 6) is 1.10. The first-order chi connectivity index (χ1) is 9.42. The molecule has 1 N–H and O–H groups in total. The van der Waals surface area contributed by atoms with Crippen LogP contribution in [0.5, 0.6) is 0 Å². The Morgan fingerprint density at radius 2 is 2.05 bits per heavy atom. The van der Waals surface area contributed by atoms with Gasteiger partial charge in [0.1, 0.15) is 10.8 Å². The number of rotatable bonds is 4. The van der Waals surface area contributed by atoms with Crippen molar-refractivity contribution in [1.82, 2.24) is 9.97 Å². The molecule has 5 heteroatoms. The quantitative estimate of drug-likeness (QED) is 0.930. The molecule has 2 aromatic rings. The Balaban J connectivity index is 1.58. The monoisotopic (exact) mass is 274 g/mol. The third-order valence-corrected chi connectivity index (χ3v) is 4.13. The molecule has 19 heavy (non-hydrogen) atoms. The summed E-state index contributed by atoms with van der Waals surface area (Å²) in [4.78, 5) is 11.2. The van der Waals surface area contributed by atoms with Crippen molar-refractivity contribution in [2.24, 2.45) is 0 Å². The van der Waals surface area contributed by atoms with E-state index in [0.717, 1.165) is 36.1 Å². The second-order valence-electron chi connectivity index (χ2n) is 4.73. The molecule has 100 valence electrons. The van der Waals surface area contributed by atoms with E-state index in [1.165, 1.54) is 19.3 Å². The zero-order chi connectivity index (χ0) is 12.9. The summed E-state index contributed by atoms with van der Waals surface area (Å²) in [5, 5.41) is 6.44. The number of aromatic nitrogens is 2. The fourth-order valence-electron chi connectivity index (χ4n) is 2.32. The molecule has 0 spiro atoms. The highest BCUT2D eigenvalue weighted by Crippen LogP contribution is 2.19. The lowest BCUT2D eigenvalue weighted by Crippen LogP contribution is -2.30. The summed E-state index contributed by atoms with van der Waals surface area (Å²) in [5.41, 5.74) is 1.05. The van der Waals surface area contributed by atoms with E-state index < -0.39 is 0 Å². The zero-order valence-corrected chi connectivity index (χ0v) is 11.7. The van der Waals surface area contributed by atoms with Crippen LogP contribution >= 0.6 is 11.3 Å². The van der Waals surface area contributed by atoms with Crippen LogP contribution in [0.25, 0.3) is 0 Å². The molecule has 4 nitrogen and oxygen atoms in total. The zero-order valence-electron chi connectivity index (χ0n) is 10.9. The number of hydrogen-bond donors (Lipinski definition) is 1. The van der Waals surface area contributed by atoms with Gasteiger partial charge in [-0.3, -0.25) is 0 Å². The molecule has 0 amide bonds. The second kappa shape index (κ2) is 6.02. The van der Waals surface area contributed by atoms with E-state index in [2.05, 4.69) is 32.3 Å². The minimum atomic E-state index is 0.766. The highest BCUT2D eigenvalue weighted by Gasteiger charge is 2.11. The van der Waals surface area contributed by atoms with E-state index in [0.29, 0.717) is 0 Å². The Labute approximate surface area is 117 Å². The van der Waals surface area contributed by atoms with Gasteiger partial charge >= 0.3 is 0 Å². The van der Waals surface area contributed by atoms with Gasteiger partial charge in [0.25, 0.3) is 0 Å².